The Morgan fingerprint density at radius 1 is 0.747 bits per heavy atom. The van der Waals surface area contributed by atoms with E-state index in [2.05, 4.69) is 77.3 Å². The van der Waals surface area contributed by atoms with Crippen LogP contribution in [0, 0.1) is 18.8 Å². The Labute approximate surface area is 509 Å². The monoisotopic (exact) mass is 1240 g/mol. The molecule has 2 aliphatic rings. The fourth-order valence-corrected chi connectivity index (χ4v) is 10.3. The van der Waals surface area contributed by atoms with Gasteiger partial charge < -0.3 is 83.7 Å². The molecule has 0 radical (unpaired) electrons. The van der Waals surface area contributed by atoms with Crippen molar-refractivity contribution in [2.24, 2.45) is 11.8 Å². The third kappa shape index (κ3) is 22.7. The van der Waals surface area contributed by atoms with Crippen LogP contribution in [-0.4, -0.2) is 194 Å². The van der Waals surface area contributed by atoms with Crippen molar-refractivity contribution in [1.29, 1.82) is 0 Å². The van der Waals surface area contributed by atoms with Gasteiger partial charge in [-0.25, -0.2) is 0 Å². The second kappa shape index (κ2) is 37.0. The molecule has 1 aromatic heterocycles. The number of anilines is 1. The summed E-state index contributed by atoms with van der Waals surface area (Å²) < 4.78 is 14.3. The number of nitrogens with zero attached hydrogens (tertiary/aromatic N) is 1. The number of likely N-dealkylation sites (N-methyl/N-ethyl adjacent to an activating group) is 1. The summed E-state index contributed by atoms with van der Waals surface area (Å²) in [5.41, 5.74) is 2.04. The first kappa shape index (κ1) is 73.4. The zero-order chi connectivity index (χ0) is 65.1. The topological polar surface area (TPSA) is 417 Å². The molecule has 87 heavy (non-hydrogen) atoms. The Bertz CT molecular complexity index is 2870. The highest BCUT2D eigenvalue weighted by molar-refractivity contribution is 7.85. The van der Waals surface area contributed by atoms with Gasteiger partial charge in [0.2, 0.25) is 65.0 Å². The quantitative estimate of drug-likeness (QED) is 0.0661. The summed E-state index contributed by atoms with van der Waals surface area (Å²) in [6.07, 6.45) is -2.68. The van der Waals surface area contributed by atoms with Gasteiger partial charge in [0.1, 0.15) is 41.3 Å². The molecule has 3 heterocycles. The molecule has 2 saturated heterocycles. The van der Waals surface area contributed by atoms with Gasteiger partial charge in [-0.15, -0.1) is 0 Å². The SMILES string of the molecule is CC.CCC.CCNCC(=O)NC(C)C(=O)Nc1ccc(CNC(=O)CC2NC(=O)[C@H](CS(=O)c3[nH]c4ccccc4c3C)NC(=O)CNC(=O)C(C(C)CC)NC(=O)CNC(=O)CNC(=O)C([C@@H](C)C(O)CO)NC(=O)C3C[C@@H](O)CN3C2=O)cc1. The first-order valence-corrected chi connectivity index (χ1v) is 30.6. The fraction of sp³-hybridized carbons (Fsp3) is 0.569. The lowest BCUT2D eigenvalue weighted by Crippen LogP contribution is -2.61. The molecule has 15 N–H and O–H groups in total. The van der Waals surface area contributed by atoms with Crippen molar-refractivity contribution in [3.05, 3.63) is 59.7 Å². The number of fused-ring (bicyclic) bond motifs is 2. The second-order valence-electron chi connectivity index (χ2n) is 20.9. The van der Waals surface area contributed by atoms with E-state index in [1.54, 1.807) is 69.3 Å². The molecular formula is C58H89N13O15S. The van der Waals surface area contributed by atoms with E-state index in [1.807, 2.05) is 20.8 Å². The van der Waals surface area contributed by atoms with E-state index in [4.69, 9.17) is 0 Å². The summed E-state index contributed by atoms with van der Waals surface area (Å²) in [6.45, 7) is 14.7. The number of aromatic nitrogens is 1. The van der Waals surface area contributed by atoms with Crippen molar-refractivity contribution in [2.75, 3.05) is 56.9 Å². The minimum absolute atomic E-state index is 0.0257. The normalized spacial score (nSPS) is 21.9. The number of aryl methyl sites for hydroxylation is 1. The number of hydrogen-bond donors (Lipinski definition) is 15. The fourth-order valence-electron chi connectivity index (χ4n) is 8.93. The van der Waals surface area contributed by atoms with Crippen LogP contribution in [0.5, 0.6) is 0 Å². The first-order chi connectivity index (χ1) is 41.3. The molecule has 8 unspecified atom stereocenters. The highest BCUT2D eigenvalue weighted by atomic mass is 32.2. The second-order valence-corrected chi connectivity index (χ2v) is 22.3. The molecule has 2 aliphatic heterocycles. The van der Waals surface area contributed by atoms with Crippen LogP contribution in [0.25, 0.3) is 10.9 Å². The highest BCUT2D eigenvalue weighted by Crippen LogP contribution is 2.25. The van der Waals surface area contributed by atoms with Crippen molar-refractivity contribution in [3.8, 4) is 0 Å². The Kier molecular flexibility index (Phi) is 31.2. The number of amides is 11. The van der Waals surface area contributed by atoms with Gasteiger partial charge in [-0.3, -0.25) is 56.9 Å². The molecular weight excluding hydrogens is 1150 g/mol. The molecule has 11 amide bonds. The number of H-pyrrole nitrogens is 1. The third-order valence-corrected chi connectivity index (χ3v) is 15.5. The summed E-state index contributed by atoms with van der Waals surface area (Å²) in [5.74, 6) is -12.1. The van der Waals surface area contributed by atoms with Crippen LogP contribution < -0.4 is 58.5 Å². The molecule has 28 nitrogen and oxygen atoms in total. The number of aliphatic hydroxyl groups excluding tert-OH is 3. The molecule has 0 saturated carbocycles. The lowest BCUT2D eigenvalue weighted by molar-refractivity contribution is -0.144. The Morgan fingerprint density at radius 2 is 1.36 bits per heavy atom. The van der Waals surface area contributed by atoms with Gasteiger partial charge in [0.25, 0.3) is 0 Å². The summed E-state index contributed by atoms with van der Waals surface area (Å²) >= 11 is 0. The predicted molar refractivity (Wildman–Crippen MR) is 324 cm³/mol. The standard InChI is InChI=1S/C53H75N13O15S.C3H8.C2H6/c1-7-27(3)45-50(78)58-23-43(73)61-37(26-82(81)52-28(4)34-11-9-10-12-35(34)63-52)48(76)62-36(18-40(70)55-19-31-13-15-32(16-14-31)60-47(75)30(6)59-42(72)20-54-8-2)53(80)66-24-33(68)17-38(66)49(77)65-46(29(5)39(69)25-67)51(79)57-21-41(71)56-22-44(74)64-45;1-3-2;1-2/h9-16,27,29-30,33,36-39,45-46,54,63,67-69H,7-8,17-26H2,1-6H3,(H,55,70)(H,56,71)(H,57,79)(H,58,78)(H,59,72)(H,60,75)(H,61,73)(H,62,76)(H,64,74)(H,65,77);3H2,1-2H3;1-2H3/t27?,29-,30?,33+,36?,37-,38?,39?,45?,46?,82?;;/m0../s1. The summed E-state index contributed by atoms with van der Waals surface area (Å²) in [5, 5.41) is 60.1. The van der Waals surface area contributed by atoms with E-state index >= 15 is 0 Å². The maximum atomic E-state index is 14.9. The molecule has 482 valence electrons. The van der Waals surface area contributed by atoms with Crippen LogP contribution in [0.1, 0.15) is 99.1 Å². The van der Waals surface area contributed by atoms with Crippen LogP contribution in [0.15, 0.2) is 53.6 Å². The Hall–Kier alpha value is -7.86. The van der Waals surface area contributed by atoms with Gasteiger partial charge >= 0.3 is 0 Å². The number of carbonyl (C=O) groups is 11. The predicted octanol–water partition coefficient (Wildman–Crippen LogP) is -1.92. The Morgan fingerprint density at radius 3 is 1.98 bits per heavy atom. The van der Waals surface area contributed by atoms with E-state index in [1.165, 1.54) is 20.3 Å². The van der Waals surface area contributed by atoms with Gasteiger partial charge in [-0.1, -0.05) is 98.6 Å². The maximum absolute atomic E-state index is 14.9. The van der Waals surface area contributed by atoms with Crippen molar-refractivity contribution in [3.63, 3.8) is 0 Å². The zero-order valence-corrected chi connectivity index (χ0v) is 52.0. The van der Waals surface area contributed by atoms with E-state index in [0.717, 1.165) is 4.90 Å². The largest absolute Gasteiger partial charge is 0.394 e. The van der Waals surface area contributed by atoms with Crippen molar-refractivity contribution in [1.82, 2.24) is 63.1 Å². The van der Waals surface area contributed by atoms with Crippen LogP contribution in [0.2, 0.25) is 0 Å². The number of benzene rings is 2. The molecule has 0 bridgehead atoms. The molecule has 0 spiro atoms. The number of nitrogens with one attached hydrogen (secondary N) is 12. The van der Waals surface area contributed by atoms with E-state index in [-0.39, 0.29) is 24.0 Å². The van der Waals surface area contributed by atoms with Crippen LogP contribution in [-0.2, 0) is 70.1 Å². The lowest BCUT2D eigenvalue weighted by Gasteiger charge is -2.32. The van der Waals surface area contributed by atoms with Crippen LogP contribution in [0.3, 0.4) is 0 Å². The molecule has 2 aromatic carbocycles. The summed E-state index contributed by atoms with van der Waals surface area (Å²) in [6, 6.07) is 4.15. The van der Waals surface area contributed by atoms with Crippen LogP contribution in [0.4, 0.5) is 5.69 Å². The molecule has 3 aromatic rings. The number of carbonyl (C=O) groups excluding carboxylic acids is 11. The minimum atomic E-state index is -2.10. The van der Waals surface area contributed by atoms with E-state index < -0.39 is 182 Å². The van der Waals surface area contributed by atoms with Crippen LogP contribution >= 0.6 is 0 Å². The van der Waals surface area contributed by atoms with Gasteiger partial charge in [0.05, 0.1) is 68.0 Å². The molecule has 11 atom stereocenters. The molecule has 2 fully saturated rings. The van der Waals surface area contributed by atoms with E-state index in [9.17, 15) is 72.3 Å². The maximum Gasteiger partial charge on any atom is 0.246 e. The molecule has 5 rings (SSSR count). The summed E-state index contributed by atoms with van der Waals surface area (Å²) in [4.78, 5) is 154. The van der Waals surface area contributed by atoms with Gasteiger partial charge in [0.15, 0.2) is 0 Å². The zero-order valence-electron chi connectivity index (χ0n) is 51.2. The average Bonchev–Trinajstić information content (AvgIpc) is 3.49. The van der Waals surface area contributed by atoms with Crippen molar-refractivity contribution < 1.29 is 72.3 Å². The number of aliphatic hydroxyl groups is 3. The number of aromatic amines is 1. The first-order valence-electron chi connectivity index (χ1n) is 29.3. The lowest BCUT2D eigenvalue weighted by atomic mass is 9.94. The van der Waals surface area contributed by atoms with Crippen molar-refractivity contribution >= 4 is 92.4 Å². The number of para-hydroxylation sites is 1. The minimum Gasteiger partial charge on any atom is -0.394 e. The van der Waals surface area contributed by atoms with E-state index in [0.29, 0.717) is 40.7 Å². The smallest absolute Gasteiger partial charge is 0.246 e. The average molecular weight is 1240 g/mol. The molecule has 29 heteroatoms. The molecule has 0 aliphatic carbocycles. The number of hydrogen-bond acceptors (Lipinski definition) is 16. The third-order valence-electron chi connectivity index (χ3n) is 14.0. The number of rotatable bonds is 18. The van der Waals surface area contributed by atoms with Gasteiger partial charge in [-0.05, 0) is 55.6 Å². The van der Waals surface area contributed by atoms with Crippen molar-refractivity contribution in [2.45, 2.75) is 155 Å². The Balaban J connectivity index is 0.00000383. The highest BCUT2D eigenvalue weighted by Gasteiger charge is 2.44. The van der Waals surface area contributed by atoms with Gasteiger partial charge in [0, 0.05) is 42.0 Å². The summed E-state index contributed by atoms with van der Waals surface area (Å²) in [7, 11) is -2.10. The van der Waals surface area contributed by atoms with Gasteiger partial charge in [-0.2, -0.15) is 0 Å².